The Balaban J connectivity index is 1.26. The highest BCUT2D eigenvalue weighted by Crippen LogP contribution is 2.58. The van der Waals surface area contributed by atoms with Gasteiger partial charge >= 0.3 is 0 Å². The van der Waals surface area contributed by atoms with Crippen LogP contribution in [-0.2, 0) is 29.2 Å². The predicted octanol–water partition coefficient (Wildman–Crippen LogP) is 8.43. The maximum absolute atomic E-state index is 15.2. The minimum atomic E-state index is -3.97. The smallest absolute Gasteiger partial charge is 0.240 e. The number of carbonyl (C=O) groups excluding carboxylic acids is 4. The van der Waals surface area contributed by atoms with E-state index in [2.05, 4.69) is 16.6 Å². The molecule has 2 saturated carbocycles. The van der Waals surface area contributed by atoms with Crippen LogP contribution in [0.3, 0.4) is 0 Å². The monoisotopic (exact) mass is 898 g/mol. The molecule has 346 valence electrons. The number of hydrogen-bond donors (Lipinski definition) is 1. The van der Waals surface area contributed by atoms with E-state index in [1.54, 1.807) is 31.2 Å². The molecule has 14 heteroatoms. The molecule has 2 aromatic heterocycles. The predicted molar refractivity (Wildman–Crippen MR) is 245 cm³/mol. The van der Waals surface area contributed by atoms with E-state index in [1.165, 1.54) is 0 Å². The topological polar surface area (TPSA) is 171 Å². The molecule has 4 aliphatic rings. The van der Waals surface area contributed by atoms with Gasteiger partial charge in [-0.3, -0.25) is 23.9 Å². The standard InChI is InChI=1S/C50H66N4O9S/c1-30(2)62-44-17-14-33(28-51-44)41-22-34-21-37(61-9)15-16-39(34)45(52-41)63-38-24-42-43(56)27-50(47(58)53-64(59,60)49(8)18-19-49)25-35(50)13-11-10-12-31(3)20-32(4)40(46(57)54(42)29-38)23-36(55)26-48(5,6)7/h11,13-17,21-22,28,30-32,35,38,40,42H,10,12,18-20,23-27,29H2,1-9H3,(H,53,58)/b13-11-/t31-,32+,35+,38?,40-,42-,50+/m0/s1. The number of amides is 2. The number of carbonyl (C=O) groups is 4. The largest absolute Gasteiger partial charge is 0.497 e. The zero-order valence-corrected chi connectivity index (χ0v) is 39.8. The lowest BCUT2D eigenvalue weighted by atomic mass is 9.79. The Kier molecular flexibility index (Phi) is 13.4. The fourth-order valence-electron chi connectivity index (χ4n) is 9.56. The van der Waals surface area contributed by atoms with E-state index in [0.29, 0.717) is 60.7 Å². The fraction of sp³-hybridized carbons (Fsp3) is 0.600. The summed E-state index contributed by atoms with van der Waals surface area (Å²) in [5.74, 6) is -0.876. The third kappa shape index (κ3) is 10.5. The van der Waals surface area contributed by atoms with Crippen LogP contribution in [0.15, 0.2) is 54.7 Å². The zero-order valence-electron chi connectivity index (χ0n) is 38.9. The van der Waals surface area contributed by atoms with Gasteiger partial charge in [-0.15, -0.1) is 0 Å². The van der Waals surface area contributed by atoms with Gasteiger partial charge in [-0.05, 0) is 118 Å². The minimum absolute atomic E-state index is 0.00991. The number of benzene rings is 1. The molecule has 13 nitrogen and oxygen atoms in total. The quantitative estimate of drug-likeness (QED) is 0.173. The van der Waals surface area contributed by atoms with Crippen LogP contribution in [-0.4, -0.2) is 83.3 Å². The second kappa shape index (κ2) is 18.2. The number of allylic oxidation sites excluding steroid dienone is 2. The first-order valence-corrected chi connectivity index (χ1v) is 24.5. The van der Waals surface area contributed by atoms with Crippen LogP contribution in [0.5, 0.6) is 17.5 Å². The summed E-state index contributed by atoms with van der Waals surface area (Å²) in [6, 6.07) is 10.2. The maximum Gasteiger partial charge on any atom is 0.240 e. The molecule has 1 N–H and O–H groups in total. The van der Waals surface area contributed by atoms with Gasteiger partial charge in [0.2, 0.25) is 33.6 Å². The van der Waals surface area contributed by atoms with Gasteiger partial charge in [-0.2, -0.15) is 0 Å². The first-order chi connectivity index (χ1) is 30.1. The van der Waals surface area contributed by atoms with Crippen molar-refractivity contribution in [1.29, 1.82) is 0 Å². The number of pyridine rings is 2. The summed E-state index contributed by atoms with van der Waals surface area (Å²) in [5, 5.41) is 1.49. The van der Waals surface area contributed by atoms with Crippen molar-refractivity contribution in [1.82, 2.24) is 19.6 Å². The number of nitrogens with zero attached hydrogens (tertiary/aromatic N) is 3. The Morgan fingerprint density at radius 1 is 1.05 bits per heavy atom. The number of methoxy groups -OCH3 is 1. The van der Waals surface area contributed by atoms with Gasteiger partial charge in [0.1, 0.15) is 17.6 Å². The number of nitrogens with one attached hydrogen (secondary N) is 1. The van der Waals surface area contributed by atoms with Crippen LogP contribution in [0, 0.1) is 34.5 Å². The molecule has 0 radical (unpaired) electrons. The highest BCUT2D eigenvalue weighted by Gasteiger charge is 2.62. The molecular weight excluding hydrogens is 833 g/mol. The van der Waals surface area contributed by atoms with Crippen molar-refractivity contribution < 1.29 is 41.8 Å². The number of aromatic nitrogens is 2. The summed E-state index contributed by atoms with van der Waals surface area (Å²) in [6.07, 6.45) is 8.65. The van der Waals surface area contributed by atoms with Crippen LogP contribution in [0.1, 0.15) is 120 Å². The van der Waals surface area contributed by atoms with Gasteiger partial charge in [0, 0.05) is 54.8 Å². The Hall–Kier alpha value is -4.85. The average Bonchev–Trinajstić information content (AvgIpc) is 4.10. The second-order valence-electron chi connectivity index (χ2n) is 20.8. The lowest BCUT2D eigenvalue weighted by molar-refractivity contribution is -0.145. The Morgan fingerprint density at radius 3 is 2.45 bits per heavy atom. The van der Waals surface area contributed by atoms with Crippen molar-refractivity contribution in [3.8, 4) is 28.8 Å². The number of rotatable bonds is 12. The molecule has 2 aliphatic heterocycles. The van der Waals surface area contributed by atoms with Crippen molar-refractivity contribution in [2.75, 3.05) is 13.7 Å². The third-order valence-corrected chi connectivity index (χ3v) is 15.8. The molecule has 1 aromatic carbocycles. The zero-order chi connectivity index (χ0) is 46.4. The second-order valence-corrected chi connectivity index (χ2v) is 23.0. The Bertz CT molecular complexity index is 2400. The molecule has 7 rings (SSSR count). The van der Waals surface area contributed by atoms with Crippen molar-refractivity contribution in [3.63, 3.8) is 0 Å². The first-order valence-electron chi connectivity index (χ1n) is 23.0. The summed E-state index contributed by atoms with van der Waals surface area (Å²) in [7, 11) is -2.38. The molecule has 0 spiro atoms. The molecule has 3 aromatic rings. The summed E-state index contributed by atoms with van der Waals surface area (Å²) in [5.41, 5.74) is -0.260. The minimum Gasteiger partial charge on any atom is -0.497 e. The van der Waals surface area contributed by atoms with Gasteiger partial charge in [-0.1, -0.05) is 46.8 Å². The van der Waals surface area contributed by atoms with Gasteiger partial charge in [0.25, 0.3) is 0 Å². The summed E-state index contributed by atoms with van der Waals surface area (Å²) >= 11 is 0. The van der Waals surface area contributed by atoms with Crippen molar-refractivity contribution in [2.24, 2.45) is 34.5 Å². The van der Waals surface area contributed by atoms with Crippen LogP contribution in [0.4, 0.5) is 0 Å². The molecule has 1 saturated heterocycles. The molecule has 2 aliphatic carbocycles. The fourth-order valence-corrected chi connectivity index (χ4v) is 10.9. The molecule has 2 amide bonds. The summed E-state index contributed by atoms with van der Waals surface area (Å²) in [6.45, 7) is 15.7. The highest BCUT2D eigenvalue weighted by atomic mass is 32.2. The number of ketones is 2. The van der Waals surface area contributed by atoms with E-state index in [0.717, 1.165) is 23.8 Å². The van der Waals surface area contributed by atoms with E-state index in [9.17, 15) is 22.8 Å². The average molecular weight is 899 g/mol. The number of ether oxygens (including phenoxy) is 3. The summed E-state index contributed by atoms with van der Waals surface area (Å²) < 4.78 is 46.2. The van der Waals surface area contributed by atoms with Crippen molar-refractivity contribution >= 4 is 44.2 Å². The van der Waals surface area contributed by atoms with Crippen LogP contribution < -0.4 is 18.9 Å². The van der Waals surface area contributed by atoms with E-state index in [1.807, 2.05) is 84.0 Å². The Morgan fingerprint density at radius 2 is 1.80 bits per heavy atom. The van der Waals surface area contributed by atoms with Crippen LogP contribution in [0.25, 0.3) is 22.0 Å². The molecule has 64 heavy (non-hydrogen) atoms. The number of hydrogen-bond acceptors (Lipinski definition) is 11. The first kappa shape index (κ1) is 47.1. The van der Waals surface area contributed by atoms with Crippen molar-refractivity contribution in [2.45, 2.75) is 143 Å². The van der Waals surface area contributed by atoms with Crippen LogP contribution in [0.2, 0.25) is 0 Å². The van der Waals surface area contributed by atoms with Crippen molar-refractivity contribution in [3.05, 3.63) is 54.7 Å². The van der Waals surface area contributed by atoms with Gasteiger partial charge in [0.05, 0.1) is 41.7 Å². The molecule has 1 unspecified atom stereocenters. The SMILES string of the molecule is COc1ccc2c(OC3C[C@H]4C(=O)C[C@]5(C(=O)NS(=O)(=O)C6(C)CC6)C[C@H]5/C=C\CC[C@H](C)C[C@@H](C)[C@H](CC(=O)CC(C)(C)C)C(=O)N4C3)nc(-c3ccc(OC(C)C)nc3)cc2c1. The number of Topliss-reactive ketones (excluding diaryl/α,β-unsaturated/α-hetero) is 2. The summed E-state index contributed by atoms with van der Waals surface area (Å²) in [4.78, 5) is 69.1. The van der Waals surface area contributed by atoms with E-state index >= 15 is 4.79 Å². The number of fused-ring (bicyclic) bond motifs is 3. The molecule has 7 atom stereocenters. The van der Waals surface area contributed by atoms with E-state index < -0.39 is 44.2 Å². The molecule has 0 bridgehead atoms. The molecule has 3 fully saturated rings. The number of sulfonamides is 1. The third-order valence-electron chi connectivity index (χ3n) is 13.6. The lowest BCUT2D eigenvalue weighted by Gasteiger charge is -2.32. The van der Waals surface area contributed by atoms with Gasteiger partial charge in [-0.25, -0.2) is 18.4 Å². The highest BCUT2D eigenvalue weighted by molar-refractivity contribution is 7.91. The van der Waals surface area contributed by atoms with E-state index in [-0.39, 0.29) is 72.6 Å². The maximum atomic E-state index is 15.2. The van der Waals surface area contributed by atoms with Crippen LogP contribution >= 0.6 is 0 Å². The normalized spacial score (nSPS) is 27.8. The van der Waals surface area contributed by atoms with E-state index in [4.69, 9.17) is 19.2 Å². The molecule has 4 heterocycles. The molecular formula is C50H66N4O9S. The van der Waals surface area contributed by atoms with Gasteiger partial charge in [0.15, 0.2) is 5.78 Å². The van der Waals surface area contributed by atoms with Gasteiger partial charge < -0.3 is 19.1 Å². The lowest BCUT2D eigenvalue weighted by Crippen LogP contribution is -2.48. The Labute approximate surface area is 378 Å².